The molecule has 0 saturated carbocycles. The summed E-state index contributed by atoms with van der Waals surface area (Å²) in [4.78, 5) is 13.3. The van der Waals surface area contributed by atoms with E-state index in [1.807, 2.05) is 0 Å². The van der Waals surface area contributed by atoms with Crippen LogP contribution in [0.2, 0.25) is 0 Å². The zero-order valence-corrected chi connectivity index (χ0v) is 8.25. The van der Waals surface area contributed by atoms with Crippen LogP contribution in [-0.2, 0) is 4.79 Å². The van der Waals surface area contributed by atoms with Crippen LogP contribution in [-0.4, -0.2) is 24.3 Å². The van der Waals surface area contributed by atoms with Crippen LogP contribution in [0.3, 0.4) is 0 Å². The Bertz CT molecular complexity index is 238. The summed E-state index contributed by atoms with van der Waals surface area (Å²) in [6.45, 7) is 4.51. The first-order valence-electron chi connectivity index (χ1n) is 5.23. The van der Waals surface area contributed by atoms with Crippen molar-refractivity contribution in [1.82, 2.24) is 4.90 Å². The summed E-state index contributed by atoms with van der Waals surface area (Å²) in [7, 11) is 0. The van der Waals surface area contributed by atoms with Gasteiger partial charge in [0.05, 0.1) is 5.92 Å². The molecule has 1 saturated heterocycles. The number of nitrogens with zero attached hydrogens (tertiary/aromatic N) is 1. The van der Waals surface area contributed by atoms with Crippen LogP contribution in [0.1, 0.15) is 32.6 Å². The van der Waals surface area contributed by atoms with Crippen molar-refractivity contribution in [3.8, 4) is 0 Å². The Morgan fingerprint density at radius 1 is 1.38 bits per heavy atom. The molecule has 0 aromatic carbocycles. The van der Waals surface area contributed by atoms with Crippen molar-refractivity contribution in [2.24, 2.45) is 5.92 Å². The summed E-state index contributed by atoms with van der Waals surface area (Å²) in [5, 5.41) is 0. The minimum atomic E-state index is 0.207. The average Bonchev–Trinajstić information content (AvgIpc) is 2.72. The van der Waals surface area contributed by atoms with Crippen LogP contribution in [0, 0.1) is 5.92 Å². The molecule has 72 valence electrons. The van der Waals surface area contributed by atoms with Crippen LogP contribution in [0.5, 0.6) is 0 Å². The fourth-order valence-corrected chi connectivity index (χ4v) is 2.55. The normalized spacial score (nSPS) is 28.7. The smallest absolute Gasteiger partial charge is 0.128 e. The van der Waals surface area contributed by atoms with E-state index in [4.69, 9.17) is 0 Å². The number of carbonyl (C=O) groups is 1. The molecule has 0 amide bonds. The molecule has 1 atom stereocenters. The first-order chi connectivity index (χ1) is 6.33. The number of hydrogen-bond donors (Lipinski definition) is 0. The lowest BCUT2D eigenvalue weighted by Gasteiger charge is -2.23. The third-order valence-corrected chi connectivity index (χ3v) is 3.23. The lowest BCUT2D eigenvalue weighted by molar-refractivity contribution is -0.110. The summed E-state index contributed by atoms with van der Waals surface area (Å²) in [6, 6.07) is 0. The average molecular weight is 179 g/mol. The van der Waals surface area contributed by atoms with Crippen LogP contribution < -0.4 is 0 Å². The number of aldehydes is 1. The molecule has 1 fully saturated rings. The second-order valence-corrected chi connectivity index (χ2v) is 4.14. The van der Waals surface area contributed by atoms with Crippen LogP contribution >= 0.6 is 0 Å². The zero-order chi connectivity index (χ0) is 9.26. The summed E-state index contributed by atoms with van der Waals surface area (Å²) < 4.78 is 0. The van der Waals surface area contributed by atoms with Crippen LogP contribution in [0.25, 0.3) is 0 Å². The molecule has 0 bridgehead atoms. The summed E-state index contributed by atoms with van der Waals surface area (Å²) in [5.41, 5.74) is 2.80. The van der Waals surface area contributed by atoms with Crippen molar-refractivity contribution < 1.29 is 4.79 Å². The monoisotopic (exact) mass is 179 g/mol. The lowest BCUT2D eigenvalue weighted by Crippen LogP contribution is -2.23. The Kier molecular flexibility index (Phi) is 2.38. The molecule has 0 radical (unpaired) electrons. The topological polar surface area (TPSA) is 20.3 Å². The predicted molar refractivity (Wildman–Crippen MR) is 52.3 cm³/mol. The van der Waals surface area contributed by atoms with Gasteiger partial charge in [-0.15, -0.1) is 0 Å². The van der Waals surface area contributed by atoms with Gasteiger partial charge < -0.3 is 9.69 Å². The summed E-state index contributed by atoms with van der Waals surface area (Å²) in [5.74, 6) is 0.207. The molecular weight excluding hydrogens is 162 g/mol. The van der Waals surface area contributed by atoms with Crippen molar-refractivity contribution in [2.45, 2.75) is 32.6 Å². The third-order valence-electron chi connectivity index (χ3n) is 3.23. The van der Waals surface area contributed by atoms with Crippen LogP contribution in [0.15, 0.2) is 11.3 Å². The molecule has 2 rings (SSSR count). The number of rotatable bonds is 2. The van der Waals surface area contributed by atoms with E-state index >= 15 is 0 Å². The van der Waals surface area contributed by atoms with E-state index in [1.54, 1.807) is 0 Å². The van der Waals surface area contributed by atoms with Gasteiger partial charge in [0, 0.05) is 18.8 Å². The highest BCUT2D eigenvalue weighted by atomic mass is 16.1. The maximum absolute atomic E-state index is 10.9. The lowest BCUT2D eigenvalue weighted by atomic mass is 10.1. The molecule has 2 nitrogen and oxygen atoms in total. The molecule has 0 N–H and O–H groups in total. The largest absolute Gasteiger partial charge is 0.374 e. The highest BCUT2D eigenvalue weighted by Gasteiger charge is 2.28. The second kappa shape index (κ2) is 3.52. The van der Waals surface area contributed by atoms with Crippen molar-refractivity contribution in [3.63, 3.8) is 0 Å². The van der Waals surface area contributed by atoms with E-state index in [2.05, 4.69) is 11.8 Å². The maximum atomic E-state index is 10.9. The Labute approximate surface area is 79.6 Å². The zero-order valence-electron chi connectivity index (χ0n) is 8.25. The highest BCUT2D eigenvalue weighted by Crippen LogP contribution is 2.34. The fraction of sp³-hybridized carbons (Fsp3) is 0.727. The van der Waals surface area contributed by atoms with E-state index in [-0.39, 0.29) is 5.92 Å². The van der Waals surface area contributed by atoms with Gasteiger partial charge in [0.25, 0.3) is 0 Å². The molecule has 1 aliphatic heterocycles. The van der Waals surface area contributed by atoms with E-state index < -0.39 is 0 Å². The third kappa shape index (κ3) is 1.50. The van der Waals surface area contributed by atoms with Gasteiger partial charge in [-0.3, -0.25) is 0 Å². The quantitative estimate of drug-likeness (QED) is 0.604. The SMILES string of the molecule is CC1=C(N2CCCC2)C(C=O)CC1. The standard InChI is InChI=1S/C11H17NO/c1-9-4-5-10(8-13)11(9)12-6-2-3-7-12/h8,10H,2-7H2,1H3. The van der Waals surface area contributed by atoms with Crippen LogP contribution in [0.4, 0.5) is 0 Å². The molecular formula is C11H17NO. The van der Waals surface area contributed by atoms with Gasteiger partial charge in [0.15, 0.2) is 0 Å². The summed E-state index contributed by atoms with van der Waals surface area (Å²) in [6.07, 6.45) is 5.88. The van der Waals surface area contributed by atoms with E-state index in [0.29, 0.717) is 0 Å². The molecule has 13 heavy (non-hydrogen) atoms. The molecule has 1 aliphatic carbocycles. The Morgan fingerprint density at radius 3 is 2.69 bits per heavy atom. The van der Waals surface area contributed by atoms with Gasteiger partial charge in [-0.25, -0.2) is 0 Å². The second-order valence-electron chi connectivity index (χ2n) is 4.14. The molecule has 0 aromatic heterocycles. The van der Waals surface area contributed by atoms with Gasteiger partial charge in [-0.05, 0) is 32.6 Å². The molecule has 2 aliphatic rings. The minimum absolute atomic E-state index is 0.207. The summed E-state index contributed by atoms with van der Waals surface area (Å²) >= 11 is 0. The number of carbonyl (C=O) groups excluding carboxylic acids is 1. The molecule has 0 aromatic rings. The van der Waals surface area contributed by atoms with Crippen molar-refractivity contribution in [3.05, 3.63) is 11.3 Å². The molecule has 0 spiro atoms. The first kappa shape index (κ1) is 8.79. The van der Waals surface area contributed by atoms with Gasteiger partial charge in [0.2, 0.25) is 0 Å². The van der Waals surface area contributed by atoms with Crippen molar-refractivity contribution >= 4 is 6.29 Å². The minimum Gasteiger partial charge on any atom is -0.374 e. The number of likely N-dealkylation sites (tertiary alicyclic amines) is 1. The van der Waals surface area contributed by atoms with Gasteiger partial charge in [-0.1, -0.05) is 5.57 Å². The first-order valence-corrected chi connectivity index (χ1v) is 5.23. The Hall–Kier alpha value is -0.790. The highest BCUT2D eigenvalue weighted by molar-refractivity contribution is 5.60. The Balaban J connectivity index is 2.17. The molecule has 2 heteroatoms. The predicted octanol–water partition coefficient (Wildman–Crippen LogP) is 1.97. The van der Waals surface area contributed by atoms with Gasteiger partial charge in [0.1, 0.15) is 6.29 Å². The maximum Gasteiger partial charge on any atom is 0.128 e. The fourth-order valence-electron chi connectivity index (χ4n) is 2.55. The van der Waals surface area contributed by atoms with Crippen molar-refractivity contribution in [2.75, 3.05) is 13.1 Å². The Morgan fingerprint density at radius 2 is 2.08 bits per heavy atom. The van der Waals surface area contributed by atoms with E-state index in [0.717, 1.165) is 32.2 Å². The molecule has 1 unspecified atom stereocenters. The van der Waals surface area contributed by atoms with Gasteiger partial charge >= 0.3 is 0 Å². The van der Waals surface area contributed by atoms with Gasteiger partial charge in [-0.2, -0.15) is 0 Å². The van der Waals surface area contributed by atoms with E-state index in [1.165, 1.54) is 24.1 Å². The molecule has 1 heterocycles. The van der Waals surface area contributed by atoms with Crippen molar-refractivity contribution in [1.29, 1.82) is 0 Å². The number of hydrogen-bond acceptors (Lipinski definition) is 2. The number of allylic oxidation sites excluding steroid dienone is 2. The van der Waals surface area contributed by atoms with E-state index in [9.17, 15) is 4.79 Å².